The topological polar surface area (TPSA) is 118 Å². The van der Waals surface area contributed by atoms with Crippen molar-refractivity contribution in [3.05, 3.63) is 41.9 Å². The van der Waals surface area contributed by atoms with E-state index in [9.17, 15) is 18.0 Å². The summed E-state index contributed by atoms with van der Waals surface area (Å²) in [6.45, 7) is 3.54. The van der Waals surface area contributed by atoms with Gasteiger partial charge < -0.3 is 24.7 Å². The molecule has 0 aliphatic carbocycles. The van der Waals surface area contributed by atoms with Gasteiger partial charge in [-0.3, -0.25) is 4.90 Å². The first kappa shape index (κ1) is 22.3. The number of carbonyl (C=O) groups is 2. The van der Waals surface area contributed by atoms with Gasteiger partial charge in [-0.05, 0) is 19.2 Å². The van der Waals surface area contributed by atoms with E-state index in [1.54, 1.807) is 11.2 Å². The number of carboxylic acid groups (broad SMARTS) is 1. The fraction of sp³-hybridized carbons (Fsp3) is 0.471. The first-order valence-electron chi connectivity index (χ1n) is 8.66. The number of alkyl halides is 3. The number of nitrogens with two attached hydrogens (primary N) is 1. The van der Waals surface area contributed by atoms with Crippen LogP contribution < -0.4 is 5.73 Å². The number of imidazole rings is 1. The van der Waals surface area contributed by atoms with Crippen molar-refractivity contribution in [2.45, 2.75) is 32.2 Å². The number of hydrogen-bond donors (Lipinski definition) is 2. The predicted molar refractivity (Wildman–Crippen MR) is 94.7 cm³/mol. The monoisotopic (exact) mass is 417 g/mol. The summed E-state index contributed by atoms with van der Waals surface area (Å²) in [5.41, 5.74) is 6.52. The molecule has 9 nitrogen and oxygen atoms in total. The molecule has 0 bridgehead atoms. The van der Waals surface area contributed by atoms with Gasteiger partial charge in [-0.15, -0.1) is 0 Å². The smallest absolute Gasteiger partial charge is 0.475 e. The average Bonchev–Trinajstić information content (AvgIpc) is 3.19. The molecule has 0 spiro atoms. The number of halogens is 3. The Morgan fingerprint density at radius 1 is 1.31 bits per heavy atom. The summed E-state index contributed by atoms with van der Waals surface area (Å²) in [5.74, 6) is -0.796. The number of carbonyl (C=O) groups excluding carboxylic acids is 1. The van der Waals surface area contributed by atoms with Crippen LogP contribution in [-0.4, -0.2) is 62.8 Å². The summed E-state index contributed by atoms with van der Waals surface area (Å²) >= 11 is 0. The van der Waals surface area contributed by atoms with Crippen LogP contribution in [0.15, 0.2) is 29.0 Å². The Hall–Kier alpha value is -3.02. The Kier molecular flexibility index (Phi) is 7.26. The Balaban J connectivity index is 0.000000370. The number of aliphatic carboxylic acids is 1. The number of primary amides is 1. The van der Waals surface area contributed by atoms with Gasteiger partial charge in [0.25, 0.3) is 0 Å². The van der Waals surface area contributed by atoms with Crippen LogP contribution in [0.2, 0.25) is 0 Å². The number of amides is 2. The number of nitrogens with zero attached hydrogens (tertiary/aromatic N) is 4. The van der Waals surface area contributed by atoms with Crippen molar-refractivity contribution in [3.8, 4) is 0 Å². The molecule has 0 saturated heterocycles. The quantitative estimate of drug-likeness (QED) is 0.782. The van der Waals surface area contributed by atoms with Crippen LogP contribution in [0.1, 0.15) is 17.3 Å². The average molecular weight is 417 g/mol. The highest BCUT2D eigenvalue weighted by Gasteiger charge is 2.38. The summed E-state index contributed by atoms with van der Waals surface area (Å²) in [6.07, 6.45) is -0.731. The first-order chi connectivity index (χ1) is 13.6. The van der Waals surface area contributed by atoms with Crippen molar-refractivity contribution >= 4 is 12.0 Å². The number of rotatable bonds is 4. The molecule has 1 aliphatic rings. The van der Waals surface area contributed by atoms with E-state index >= 15 is 0 Å². The molecule has 3 N–H and O–H groups in total. The van der Waals surface area contributed by atoms with Gasteiger partial charge in [0.05, 0.1) is 18.5 Å². The Bertz CT molecular complexity index is 820. The van der Waals surface area contributed by atoms with Crippen molar-refractivity contribution in [2.75, 3.05) is 20.1 Å². The number of hydrogen-bond acceptors (Lipinski definition) is 5. The summed E-state index contributed by atoms with van der Waals surface area (Å²) in [7, 11) is 2.05. The number of urea groups is 1. The van der Waals surface area contributed by atoms with E-state index in [1.165, 1.54) is 0 Å². The lowest BCUT2D eigenvalue weighted by molar-refractivity contribution is -0.192. The molecule has 3 heterocycles. The third-order valence-electron chi connectivity index (χ3n) is 4.21. The normalized spacial score (nSPS) is 14.0. The highest BCUT2D eigenvalue weighted by Crippen LogP contribution is 2.15. The second-order valence-electron chi connectivity index (χ2n) is 6.45. The number of fused-ring (bicyclic) bond motifs is 1. The molecule has 160 valence electrons. The van der Waals surface area contributed by atoms with Gasteiger partial charge in [0, 0.05) is 38.8 Å². The third-order valence-corrected chi connectivity index (χ3v) is 4.21. The number of furan rings is 1. The van der Waals surface area contributed by atoms with Crippen LogP contribution in [0.3, 0.4) is 0 Å². The third kappa shape index (κ3) is 6.52. The molecule has 0 unspecified atom stereocenters. The molecular weight excluding hydrogens is 395 g/mol. The van der Waals surface area contributed by atoms with Crippen molar-refractivity contribution in [2.24, 2.45) is 5.73 Å². The summed E-state index contributed by atoms with van der Waals surface area (Å²) in [6, 6.07) is 3.51. The molecule has 0 fully saturated rings. The second-order valence-corrected chi connectivity index (χ2v) is 6.45. The highest BCUT2D eigenvalue weighted by atomic mass is 19.4. The van der Waals surface area contributed by atoms with E-state index in [0.717, 1.165) is 43.3 Å². The van der Waals surface area contributed by atoms with Crippen LogP contribution >= 0.6 is 0 Å². The lowest BCUT2D eigenvalue weighted by atomic mass is 10.3. The van der Waals surface area contributed by atoms with E-state index in [2.05, 4.69) is 21.5 Å². The predicted octanol–water partition coefficient (Wildman–Crippen LogP) is 1.68. The lowest BCUT2D eigenvalue weighted by Gasteiger charge is -2.18. The van der Waals surface area contributed by atoms with Crippen LogP contribution in [0.25, 0.3) is 0 Å². The van der Waals surface area contributed by atoms with Crippen LogP contribution in [0.4, 0.5) is 18.0 Å². The van der Waals surface area contributed by atoms with Crippen molar-refractivity contribution in [1.82, 2.24) is 19.4 Å². The number of carboxylic acids is 1. The van der Waals surface area contributed by atoms with Crippen molar-refractivity contribution < 1.29 is 32.3 Å². The molecule has 12 heteroatoms. The van der Waals surface area contributed by atoms with Gasteiger partial charge in [-0.1, -0.05) is 0 Å². The maximum atomic E-state index is 11.3. The second kappa shape index (κ2) is 9.45. The van der Waals surface area contributed by atoms with E-state index < -0.39 is 12.1 Å². The van der Waals surface area contributed by atoms with Gasteiger partial charge in [0.1, 0.15) is 11.6 Å². The fourth-order valence-corrected chi connectivity index (χ4v) is 2.84. The first-order valence-corrected chi connectivity index (χ1v) is 8.66. The maximum Gasteiger partial charge on any atom is 0.490 e. The Labute approximate surface area is 164 Å². The minimum atomic E-state index is -5.08. The largest absolute Gasteiger partial charge is 0.490 e. The SMILES string of the molecule is CN(Cc1ccco1)Cc1cnc2n1CCN(C(N)=O)CC2.O=C(O)C(F)(F)F. The zero-order chi connectivity index (χ0) is 21.6. The summed E-state index contributed by atoms with van der Waals surface area (Å²) < 4.78 is 39.3. The van der Waals surface area contributed by atoms with E-state index in [-0.39, 0.29) is 6.03 Å². The van der Waals surface area contributed by atoms with E-state index in [0.29, 0.717) is 13.1 Å². The zero-order valence-electron chi connectivity index (χ0n) is 15.7. The molecule has 29 heavy (non-hydrogen) atoms. The van der Waals surface area contributed by atoms with Gasteiger partial charge in [-0.25, -0.2) is 14.6 Å². The highest BCUT2D eigenvalue weighted by molar-refractivity contribution is 5.73. The summed E-state index contributed by atoms with van der Waals surface area (Å²) in [4.78, 5) is 28.6. The van der Waals surface area contributed by atoms with E-state index in [1.807, 2.05) is 18.3 Å². The van der Waals surface area contributed by atoms with Gasteiger partial charge in [0.15, 0.2) is 0 Å². The standard InChI is InChI=1S/C15H21N5O2.C2HF3O2/c1-18(11-13-3-2-8-22-13)10-12-9-17-14-4-5-19(15(16)21)6-7-20(12)14;3-2(4,5)1(6)7/h2-3,8-9H,4-7,10-11H2,1H3,(H2,16,21);(H,6,7). The molecule has 0 aromatic carbocycles. The minimum Gasteiger partial charge on any atom is -0.475 e. The van der Waals surface area contributed by atoms with Gasteiger partial charge >= 0.3 is 18.2 Å². The molecule has 2 aromatic heterocycles. The molecule has 0 atom stereocenters. The molecule has 2 aromatic rings. The minimum absolute atomic E-state index is 0.359. The molecule has 3 rings (SSSR count). The Morgan fingerprint density at radius 2 is 2.00 bits per heavy atom. The fourth-order valence-electron chi connectivity index (χ4n) is 2.84. The zero-order valence-corrected chi connectivity index (χ0v) is 15.7. The van der Waals surface area contributed by atoms with Crippen LogP contribution in [0, 0.1) is 0 Å². The summed E-state index contributed by atoms with van der Waals surface area (Å²) in [5, 5.41) is 7.12. The van der Waals surface area contributed by atoms with Crippen molar-refractivity contribution in [1.29, 1.82) is 0 Å². The van der Waals surface area contributed by atoms with E-state index in [4.69, 9.17) is 20.1 Å². The molecular formula is C17H22F3N5O4. The van der Waals surface area contributed by atoms with Gasteiger partial charge in [-0.2, -0.15) is 13.2 Å². The molecule has 0 saturated carbocycles. The van der Waals surface area contributed by atoms with Crippen LogP contribution in [0.5, 0.6) is 0 Å². The molecule has 0 radical (unpaired) electrons. The number of aromatic nitrogens is 2. The van der Waals surface area contributed by atoms with Crippen LogP contribution in [-0.2, 0) is 30.8 Å². The maximum absolute atomic E-state index is 11.3. The Morgan fingerprint density at radius 3 is 2.55 bits per heavy atom. The lowest BCUT2D eigenvalue weighted by Crippen LogP contribution is -2.37. The van der Waals surface area contributed by atoms with Crippen molar-refractivity contribution in [3.63, 3.8) is 0 Å². The van der Waals surface area contributed by atoms with Gasteiger partial charge in [0.2, 0.25) is 0 Å². The molecule has 2 amide bonds. The molecule has 1 aliphatic heterocycles.